The molecule has 4 heterocycles. The second-order valence-electron chi connectivity index (χ2n) is 19.9. The summed E-state index contributed by atoms with van der Waals surface area (Å²) in [5, 5.41) is 60.0. The molecule has 1 aromatic carbocycles. The van der Waals surface area contributed by atoms with E-state index in [2.05, 4.69) is 21.3 Å². The second-order valence-corrected chi connectivity index (χ2v) is 19.9. The normalized spacial score (nSPS) is 18.5. The summed E-state index contributed by atoms with van der Waals surface area (Å²) in [6.45, 7) is 4.75. The van der Waals surface area contributed by atoms with Crippen molar-refractivity contribution in [1.82, 2.24) is 30.8 Å². The van der Waals surface area contributed by atoms with E-state index in [9.17, 15) is 68.4 Å². The second kappa shape index (κ2) is 25.3. The molecule has 7 unspecified atom stereocenters. The third-order valence-corrected chi connectivity index (χ3v) is 15.2. The Bertz CT molecular complexity index is 2740. The smallest absolute Gasteiger partial charge is 0.355 e. The van der Waals surface area contributed by atoms with Gasteiger partial charge in [0.25, 0.3) is 5.56 Å². The first-order valence-corrected chi connectivity index (χ1v) is 25.7. The zero-order valence-electron chi connectivity index (χ0n) is 42.5. The van der Waals surface area contributed by atoms with Gasteiger partial charge in [0.15, 0.2) is 0 Å². The Morgan fingerprint density at radius 3 is 1.97 bits per heavy atom. The van der Waals surface area contributed by atoms with Gasteiger partial charge in [-0.25, -0.2) is 9.78 Å². The maximum absolute atomic E-state index is 13.8. The highest BCUT2D eigenvalue weighted by Gasteiger charge is 2.50. The van der Waals surface area contributed by atoms with Crippen LogP contribution in [0.2, 0.25) is 0 Å². The molecule has 1 fully saturated rings. The van der Waals surface area contributed by atoms with E-state index in [0.717, 1.165) is 17.4 Å². The van der Waals surface area contributed by atoms with Crippen LogP contribution in [0.15, 0.2) is 41.2 Å². The molecule has 3 amide bonds. The minimum absolute atomic E-state index is 0.0134. The van der Waals surface area contributed by atoms with Crippen LogP contribution in [0.5, 0.6) is 0 Å². The molecule has 1 aliphatic carbocycles. The van der Waals surface area contributed by atoms with Crippen molar-refractivity contribution in [3.8, 4) is 11.4 Å². The average Bonchev–Trinajstić information content (AvgIpc) is 3.72. The van der Waals surface area contributed by atoms with E-state index in [1.807, 2.05) is 30.3 Å². The number of para-hydroxylation sites is 1. The number of carboxylic acid groups (broad SMARTS) is 4. The number of esters is 2. The first-order valence-electron chi connectivity index (χ1n) is 25.7. The first-order chi connectivity index (χ1) is 35.7. The fourth-order valence-corrected chi connectivity index (χ4v) is 10.4. The minimum atomic E-state index is -2.01. The van der Waals surface area contributed by atoms with Crippen LogP contribution < -0.4 is 47.3 Å². The molecule has 406 valence electrons. The van der Waals surface area contributed by atoms with E-state index in [0.29, 0.717) is 36.2 Å². The fraction of sp³-hybridized carbons (Fsp3) is 0.566. The van der Waals surface area contributed by atoms with Crippen LogP contribution in [-0.2, 0) is 71.4 Å². The van der Waals surface area contributed by atoms with E-state index < -0.39 is 119 Å². The summed E-state index contributed by atoms with van der Waals surface area (Å²) in [5.41, 5.74) is 0.355. The summed E-state index contributed by atoms with van der Waals surface area (Å²) in [6, 6.07) is 10.2. The van der Waals surface area contributed by atoms with Gasteiger partial charge >= 0.3 is 11.9 Å². The fourth-order valence-electron chi connectivity index (χ4n) is 10.4. The van der Waals surface area contributed by atoms with Crippen LogP contribution in [-0.4, -0.2) is 94.8 Å². The monoisotopic (exact) mass is 1040 g/mol. The Morgan fingerprint density at radius 1 is 0.773 bits per heavy atom. The van der Waals surface area contributed by atoms with E-state index in [-0.39, 0.29) is 88.2 Å². The standard InChI is InChI=1S/C53H68N6O16/c1-5-12-35(49(67)68)37(51(71)72)19-11-18-36(50(69)70)34(46(63)57-32-14-9-15-32)17-10-16-33(48(65)66)28(3)29(4)54-23-42(60)55-24-43(61)56-25-44(62)75-53(6-2)39-22-41-45-31(21-30-13-7-8-20-40(30)58-45)26-59(41)47(64)38(39)27-74-52(53)73/h7-8,13,20-22,28-29,32-37,54H,5-6,9-12,14-19,23-27H2,1-4H3,(H,55,60)(H,56,61)(H,57,63)(H,65,66)(H,67,68)(H,69,70)(H,71,72)/p-4/t28?,29?,33?,34?,35?,36?,37?,53-/m0/s1. The van der Waals surface area contributed by atoms with Crippen molar-refractivity contribution in [2.45, 2.75) is 136 Å². The molecule has 75 heavy (non-hydrogen) atoms. The van der Waals surface area contributed by atoms with Gasteiger partial charge < -0.3 is 74.9 Å². The van der Waals surface area contributed by atoms with Crippen molar-refractivity contribution in [1.29, 1.82) is 0 Å². The molecule has 2 aliphatic heterocycles. The van der Waals surface area contributed by atoms with Crippen molar-refractivity contribution < 1.29 is 73.1 Å². The van der Waals surface area contributed by atoms with E-state index >= 15 is 0 Å². The lowest BCUT2D eigenvalue weighted by molar-refractivity contribution is -0.327. The number of amides is 3. The molecular formula is C53H64N6O16-4. The van der Waals surface area contributed by atoms with Gasteiger partial charge in [-0.2, -0.15) is 0 Å². The lowest BCUT2D eigenvalue weighted by Crippen LogP contribution is -2.49. The number of carbonyl (C=O) groups excluding carboxylic acids is 9. The van der Waals surface area contributed by atoms with Gasteiger partial charge in [0.1, 0.15) is 13.2 Å². The quantitative estimate of drug-likeness (QED) is 0.0444. The van der Waals surface area contributed by atoms with Crippen molar-refractivity contribution in [2.24, 2.45) is 35.5 Å². The average molecular weight is 1040 g/mol. The van der Waals surface area contributed by atoms with Gasteiger partial charge in [0.05, 0.1) is 42.1 Å². The number of cyclic esters (lactones) is 1. The Balaban J connectivity index is 0.987. The summed E-state index contributed by atoms with van der Waals surface area (Å²) >= 11 is 0. The van der Waals surface area contributed by atoms with Crippen LogP contribution in [0, 0.1) is 35.5 Å². The maximum atomic E-state index is 13.8. The number of aliphatic carboxylic acids is 4. The lowest BCUT2D eigenvalue weighted by Gasteiger charge is -2.35. The number of benzene rings is 1. The van der Waals surface area contributed by atoms with Crippen molar-refractivity contribution in [2.75, 3.05) is 19.6 Å². The highest BCUT2D eigenvalue weighted by Crippen LogP contribution is 2.41. The Kier molecular flexibility index (Phi) is 19.3. The zero-order chi connectivity index (χ0) is 54.7. The van der Waals surface area contributed by atoms with Gasteiger partial charge in [-0.05, 0) is 88.8 Å². The molecule has 2 aromatic heterocycles. The zero-order valence-corrected chi connectivity index (χ0v) is 42.5. The highest BCUT2D eigenvalue weighted by molar-refractivity contribution is 5.91. The Morgan fingerprint density at radius 2 is 1.36 bits per heavy atom. The number of hydrogen-bond acceptors (Lipinski definition) is 18. The molecule has 4 N–H and O–H groups in total. The van der Waals surface area contributed by atoms with Crippen molar-refractivity contribution >= 4 is 64.4 Å². The molecule has 22 nitrogen and oxygen atoms in total. The van der Waals surface area contributed by atoms with Gasteiger partial charge in [-0.3, -0.25) is 24.0 Å². The predicted octanol–water partition coefficient (Wildman–Crippen LogP) is -1.63. The SMILES string of the molecule is CCCC(C(=O)[O-])C(CCCC(C(=O)[O-])C(CCCC(C(=O)[O-])C(C)C(C)NCC(=O)NCC(=O)NCC(=O)O[C@]1(CC)C(=O)OCc2c1cc1n(c2=O)Cc2cc3ccccc3nc2-1)C(=O)NC1CCC1)C(=O)[O-]. The molecule has 6 rings (SSSR count). The number of ether oxygens (including phenoxy) is 2. The minimum Gasteiger partial charge on any atom is -0.550 e. The third kappa shape index (κ3) is 13.4. The molecule has 3 aliphatic rings. The van der Waals surface area contributed by atoms with Crippen molar-refractivity contribution in [3.63, 3.8) is 0 Å². The summed E-state index contributed by atoms with van der Waals surface area (Å²) < 4.78 is 12.7. The van der Waals surface area contributed by atoms with Crippen LogP contribution in [0.25, 0.3) is 22.3 Å². The number of nitrogens with zero attached hydrogens (tertiary/aromatic N) is 2. The number of carbonyl (C=O) groups is 9. The number of rotatable bonds is 29. The Labute approximate surface area is 432 Å². The molecular weight excluding hydrogens is 977 g/mol. The number of aromatic nitrogens is 2. The molecule has 0 saturated heterocycles. The molecule has 22 heteroatoms. The van der Waals surface area contributed by atoms with Gasteiger partial charge in [-0.1, -0.05) is 58.2 Å². The van der Waals surface area contributed by atoms with Gasteiger partial charge in [0, 0.05) is 82.1 Å². The van der Waals surface area contributed by atoms with Crippen LogP contribution in [0.4, 0.5) is 0 Å². The maximum Gasteiger partial charge on any atom is 0.355 e. The summed E-state index contributed by atoms with van der Waals surface area (Å²) in [6.07, 6.45) is 1.91. The number of carboxylic acids is 4. The van der Waals surface area contributed by atoms with Crippen LogP contribution in [0.3, 0.4) is 0 Å². The Hall–Kier alpha value is -7.23. The molecule has 8 atom stereocenters. The van der Waals surface area contributed by atoms with Crippen LogP contribution >= 0.6 is 0 Å². The molecule has 3 aromatic rings. The lowest BCUT2D eigenvalue weighted by atomic mass is 9.78. The van der Waals surface area contributed by atoms with Crippen molar-refractivity contribution in [3.05, 3.63) is 63.4 Å². The number of hydrogen-bond donors (Lipinski definition) is 4. The molecule has 1 saturated carbocycles. The van der Waals surface area contributed by atoms with E-state index in [1.54, 1.807) is 33.8 Å². The summed E-state index contributed by atoms with van der Waals surface area (Å²) in [7, 11) is 0. The number of pyridine rings is 2. The highest BCUT2D eigenvalue weighted by atomic mass is 16.6. The largest absolute Gasteiger partial charge is 0.550 e. The summed E-state index contributed by atoms with van der Waals surface area (Å²) in [4.78, 5) is 133. The number of fused-ring (bicyclic) bond motifs is 5. The third-order valence-electron chi connectivity index (χ3n) is 15.2. The topological polar surface area (TPSA) is 347 Å². The molecule has 0 radical (unpaired) electrons. The number of nitrogens with one attached hydrogen (secondary N) is 4. The van der Waals surface area contributed by atoms with Crippen LogP contribution in [0.1, 0.15) is 121 Å². The predicted molar refractivity (Wildman–Crippen MR) is 257 cm³/mol. The first kappa shape index (κ1) is 57.1. The van der Waals surface area contributed by atoms with Gasteiger partial charge in [0.2, 0.25) is 23.3 Å². The summed E-state index contributed by atoms with van der Waals surface area (Å²) in [5.74, 6) is -17.3. The van der Waals surface area contributed by atoms with Gasteiger partial charge in [-0.15, -0.1) is 0 Å². The molecule has 0 spiro atoms. The molecule has 0 bridgehead atoms. The van der Waals surface area contributed by atoms with E-state index in [4.69, 9.17) is 14.5 Å². The van der Waals surface area contributed by atoms with E-state index in [1.165, 1.54) is 4.57 Å².